The number of likely N-dealkylation sites (N-methyl/N-ethyl adjacent to an activating group) is 1. The van der Waals surface area contributed by atoms with Gasteiger partial charge in [0.05, 0.1) is 0 Å². The Morgan fingerprint density at radius 3 is 2.31 bits per heavy atom. The minimum absolute atomic E-state index is 0.130. The van der Waals surface area contributed by atoms with Crippen molar-refractivity contribution in [3.63, 3.8) is 0 Å². The third kappa shape index (κ3) is 8.68. The van der Waals surface area contributed by atoms with E-state index in [1.165, 1.54) is 0 Å². The van der Waals surface area contributed by atoms with Gasteiger partial charge in [-0.05, 0) is 20.9 Å². The Hall–Kier alpha value is -0.610. The lowest BCUT2D eigenvalue weighted by molar-refractivity contribution is -0.121. The maximum absolute atomic E-state index is 11.4. The van der Waals surface area contributed by atoms with E-state index in [-0.39, 0.29) is 5.91 Å². The summed E-state index contributed by atoms with van der Waals surface area (Å²) >= 11 is 0. The van der Waals surface area contributed by atoms with Gasteiger partial charge in [0.15, 0.2) is 0 Å². The van der Waals surface area contributed by atoms with Crippen molar-refractivity contribution in [3.05, 3.63) is 0 Å². The fourth-order valence-electron chi connectivity index (χ4n) is 1.19. The quantitative estimate of drug-likeness (QED) is 0.648. The summed E-state index contributed by atoms with van der Waals surface area (Å²) in [6.07, 6.45) is 0.559. The molecule has 4 heteroatoms. The van der Waals surface area contributed by atoms with Crippen molar-refractivity contribution in [2.24, 2.45) is 0 Å². The van der Waals surface area contributed by atoms with E-state index >= 15 is 0 Å². The highest BCUT2D eigenvalue weighted by Gasteiger charge is 2.04. The van der Waals surface area contributed by atoms with Crippen LogP contribution in [0.1, 0.15) is 34.1 Å². The monoisotopic (exact) mass is 229 g/mol. The van der Waals surface area contributed by atoms with Gasteiger partial charge in [0.25, 0.3) is 0 Å². The van der Waals surface area contributed by atoms with Crippen LogP contribution >= 0.6 is 0 Å². The zero-order valence-corrected chi connectivity index (χ0v) is 11.3. The highest BCUT2D eigenvalue weighted by atomic mass is 16.1. The number of rotatable bonds is 8. The van der Waals surface area contributed by atoms with Crippen LogP contribution in [0.5, 0.6) is 0 Å². The van der Waals surface area contributed by atoms with E-state index in [4.69, 9.17) is 0 Å². The Labute approximate surface area is 99.8 Å². The van der Waals surface area contributed by atoms with Crippen LogP contribution in [0.15, 0.2) is 0 Å². The maximum atomic E-state index is 11.4. The number of amides is 1. The zero-order chi connectivity index (χ0) is 12.6. The molecule has 0 bridgehead atoms. The SMILES string of the molecule is CC(C)NCCC(=O)NCCN(C)C(C)C. The molecule has 16 heavy (non-hydrogen) atoms. The molecule has 0 aromatic rings. The lowest BCUT2D eigenvalue weighted by Crippen LogP contribution is -2.37. The van der Waals surface area contributed by atoms with Crippen molar-refractivity contribution in [1.29, 1.82) is 0 Å². The van der Waals surface area contributed by atoms with Gasteiger partial charge in [0, 0.05) is 38.1 Å². The molecule has 0 spiro atoms. The smallest absolute Gasteiger partial charge is 0.221 e. The molecule has 0 aromatic heterocycles. The number of carbonyl (C=O) groups is 1. The zero-order valence-electron chi connectivity index (χ0n) is 11.3. The van der Waals surface area contributed by atoms with E-state index in [1.807, 2.05) is 0 Å². The van der Waals surface area contributed by atoms with Gasteiger partial charge in [-0.15, -0.1) is 0 Å². The van der Waals surface area contributed by atoms with Crippen LogP contribution in [-0.2, 0) is 4.79 Å². The minimum atomic E-state index is 0.130. The molecule has 0 unspecified atom stereocenters. The standard InChI is InChI=1S/C12H27N3O/c1-10(2)13-7-6-12(16)14-8-9-15(5)11(3)4/h10-11,13H,6-9H2,1-5H3,(H,14,16). The lowest BCUT2D eigenvalue weighted by atomic mass is 10.3. The first-order chi connectivity index (χ1) is 7.43. The highest BCUT2D eigenvalue weighted by Crippen LogP contribution is 1.91. The van der Waals surface area contributed by atoms with E-state index < -0.39 is 0 Å². The molecule has 0 aliphatic carbocycles. The fraction of sp³-hybridized carbons (Fsp3) is 0.917. The van der Waals surface area contributed by atoms with Gasteiger partial charge < -0.3 is 15.5 Å². The summed E-state index contributed by atoms with van der Waals surface area (Å²) < 4.78 is 0. The molecule has 0 aromatic carbocycles. The predicted octanol–water partition coefficient (Wildman–Crippen LogP) is 0.831. The normalized spacial score (nSPS) is 11.5. The van der Waals surface area contributed by atoms with Gasteiger partial charge in [-0.1, -0.05) is 13.8 Å². The molecule has 0 saturated heterocycles. The van der Waals surface area contributed by atoms with E-state index in [0.717, 1.165) is 19.6 Å². The molecule has 4 nitrogen and oxygen atoms in total. The Kier molecular flexibility index (Phi) is 8.21. The van der Waals surface area contributed by atoms with E-state index in [2.05, 4.69) is 50.3 Å². The van der Waals surface area contributed by atoms with Crippen LogP contribution < -0.4 is 10.6 Å². The fourth-order valence-corrected chi connectivity index (χ4v) is 1.19. The third-order valence-corrected chi connectivity index (χ3v) is 2.57. The molecule has 96 valence electrons. The van der Waals surface area contributed by atoms with Crippen LogP contribution in [0.25, 0.3) is 0 Å². The summed E-state index contributed by atoms with van der Waals surface area (Å²) in [5, 5.41) is 6.14. The number of carbonyl (C=O) groups excluding carboxylic acids is 1. The molecule has 0 saturated carbocycles. The highest BCUT2D eigenvalue weighted by molar-refractivity contribution is 5.76. The molecule has 0 atom stereocenters. The second kappa shape index (κ2) is 8.53. The van der Waals surface area contributed by atoms with Crippen molar-refractivity contribution in [2.45, 2.75) is 46.2 Å². The number of hydrogen-bond donors (Lipinski definition) is 2. The van der Waals surface area contributed by atoms with Gasteiger partial charge in [0.2, 0.25) is 5.91 Å². The Bertz CT molecular complexity index is 193. The molecular formula is C12H27N3O. The summed E-state index contributed by atoms with van der Waals surface area (Å²) in [4.78, 5) is 13.6. The summed E-state index contributed by atoms with van der Waals surface area (Å²) in [5.41, 5.74) is 0. The maximum Gasteiger partial charge on any atom is 0.221 e. The molecule has 0 aliphatic rings. The molecule has 0 fully saturated rings. The first kappa shape index (κ1) is 15.4. The molecular weight excluding hydrogens is 202 g/mol. The van der Waals surface area contributed by atoms with E-state index in [0.29, 0.717) is 18.5 Å². The van der Waals surface area contributed by atoms with Crippen molar-refractivity contribution >= 4 is 5.91 Å². The summed E-state index contributed by atoms with van der Waals surface area (Å²) in [7, 11) is 2.07. The average molecular weight is 229 g/mol. The molecule has 1 amide bonds. The van der Waals surface area contributed by atoms with Gasteiger partial charge in [0.1, 0.15) is 0 Å². The van der Waals surface area contributed by atoms with Gasteiger partial charge in [-0.25, -0.2) is 0 Å². The van der Waals surface area contributed by atoms with Crippen LogP contribution in [0.4, 0.5) is 0 Å². The van der Waals surface area contributed by atoms with E-state index in [9.17, 15) is 4.79 Å². The molecule has 0 rings (SSSR count). The number of nitrogens with one attached hydrogen (secondary N) is 2. The third-order valence-electron chi connectivity index (χ3n) is 2.57. The molecule has 0 heterocycles. The van der Waals surface area contributed by atoms with Crippen molar-refractivity contribution in [1.82, 2.24) is 15.5 Å². The second-order valence-corrected chi connectivity index (χ2v) is 4.78. The lowest BCUT2D eigenvalue weighted by Gasteiger charge is -2.20. The van der Waals surface area contributed by atoms with Crippen LogP contribution in [0, 0.1) is 0 Å². The second-order valence-electron chi connectivity index (χ2n) is 4.78. The Morgan fingerprint density at radius 2 is 1.81 bits per heavy atom. The van der Waals surface area contributed by atoms with Crippen LogP contribution in [0.2, 0.25) is 0 Å². The largest absolute Gasteiger partial charge is 0.355 e. The topological polar surface area (TPSA) is 44.4 Å². The van der Waals surface area contributed by atoms with E-state index in [1.54, 1.807) is 0 Å². The first-order valence-electron chi connectivity index (χ1n) is 6.13. The first-order valence-corrected chi connectivity index (χ1v) is 6.13. The molecule has 2 N–H and O–H groups in total. The van der Waals surface area contributed by atoms with Gasteiger partial charge in [-0.3, -0.25) is 4.79 Å². The van der Waals surface area contributed by atoms with Crippen molar-refractivity contribution in [3.8, 4) is 0 Å². The molecule has 0 aliphatic heterocycles. The summed E-state index contributed by atoms with van der Waals surface area (Å²) in [6.45, 7) is 10.8. The molecule has 0 radical (unpaired) electrons. The number of nitrogens with zero attached hydrogens (tertiary/aromatic N) is 1. The Morgan fingerprint density at radius 1 is 1.19 bits per heavy atom. The van der Waals surface area contributed by atoms with Crippen molar-refractivity contribution < 1.29 is 4.79 Å². The van der Waals surface area contributed by atoms with Gasteiger partial charge >= 0.3 is 0 Å². The van der Waals surface area contributed by atoms with Crippen LogP contribution in [0.3, 0.4) is 0 Å². The predicted molar refractivity (Wildman–Crippen MR) is 68.5 cm³/mol. The Balaban J connectivity index is 3.44. The summed E-state index contributed by atoms with van der Waals surface area (Å²) in [6, 6.07) is 0.972. The van der Waals surface area contributed by atoms with Gasteiger partial charge in [-0.2, -0.15) is 0 Å². The minimum Gasteiger partial charge on any atom is -0.355 e. The average Bonchev–Trinajstić information content (AvgIpc) is 2.16. The van der Waals surface area contributed by atoms with Crippen molar-refractivity contribution in [2.75, 3.05) is 26.7 Å². The van der Waals surface area contributed by atoms with Crippen LogP contribution in [-0.4, -0.2) is 49.6 Å². The summed E-state index contributed by atoms with van der Waals surface area (Å²) in [5.74, 6) is 0.130. The number of hydrogen-bond acceptors (Lipinski definition) is 3.